The van der Waals surface area contributed by atoms with Crippen LogP contribution in [-0.4, -0.2) is 53.3 Å². The minimum atomic E-state index is -1.26. The molecule has 1 saturated heterocycles. The van der Waals surface area contributed by atoms with Crippen LogP contribution in [-0.2, 0) is 9.59 Å². The lowest BCUT2D eigenvalue weighted by Gasteiger charge is -2.23. The third kappa shape index (κ3) is 5.89. The van der Waals surface area contributed by atoms with Gasteiger partial charge in [0.05, 0.1) is 11.9 Å². The average Bonchev–Trinajstić information content (AvgIpc) is 2.89. The lowest BCUT2D eigenvalue weighted by molar-refractivity contribution is -0.134. The minimum absolute atomic E-state index is 0.558. The van der Waals surface area contributed by atoms with Crippen molar-refractivity contribution in [3.63, 3.8) is 0 Å². The van der Waals surface area contributed by atoms with Gasteiger partial charge in [0, 0.05) is 48.8 Å². The smallest absolute Gasteiger partial charge is 0.328 e. The molecule has 1 aliphatic rings. The van der Waals surface area contributed by atoms with Crippen LogP contribution in [0, 0.1) is 0 Å². The summed E-state index contributed by atoms with van der Waals surface area (Å²) in [7, 11) is 0. The van der Waals surface area contributed by atoms with Crippen LogP contribution in [0.4, 0.5) is 5.69 Å². The first-order valence-corrected chi connectivity index (χ1v) is 8.00. The predicted molar refractivity (Wildman–Crippen MR) is 95.9 cm³/mol. The van der Waals surface area contributed by atoms with Crippen LogP contribution in [0.3, 0.4) is 0 Å². The Morgan fingerprint density at radius 2 is 1.76 bits per heavy atom. The lowest BCUT2D eigenvalue weighted by atomic mass is 10.1. The Balaban J connectivity index is 0.000000242. The maximum Gasteiger partial charge on any atom is 0.328 e. The molecule has 1 fully saturated rings. The van der Waals surface area contributed by atoms with Crippen LogP contribution in [0.25, 0.3) is 10.8 Å². The second kappa shape index (κ2) is 9.39. The maximum atomic E-state index is 9.55. The molecule has 0 amide bonds. The molecule has 1 aromatic heterocycles. The average molecular weight is 343 g/mol. The van der Waals surface area contributed by atoms with Crippen LogP contribution in [0.2, 0.25) is 0 Å². The quantitative estimate of drug-likeness (QED) is 0.730. The fraction of sp³-hybridized carbons (Fsp3) is 0.278. The molecule has 132 valence electrons. The second-order valence-corrected chi connectivity index (χ2v) is 5.48. The highest BCUT2D eigenvalue weighted by atomic mass is 16.4. The van der Waals surface area contributed by atoms with Crippen molar-refractivity contribution in [2.24, 2.45) is 0 Å². The molecule has 2 aromatic rings. The molecular weight excluding hydrogens is 322 g/mol. The number of aliphatic carboxylic acids is 2. The van der Waals surface area contributed by atoms with Gasteiger partial charge in [-0.25, -0.2) is 9.59 Å². The van der Waals surface area contributed by atoms with Crippen molar-refractivity contribution in [2.75, 3.05) is 31.1 Å². The van der Waals surface area contributed by atoms with Crippen molar-refractivity contribution in [3.05, 3.63) is 48.8 Å². The van der Waals surface area contributed by atoms with Crippen molar-refractivity contribution in [1.82, 2.24) is 10.3 Å². The number of rotatable bonds is 3. The van der Waals surface area contributed by atoms with E-state index in [1.165, 1.54) is 22.9 Å². The molecule has 1 aromatic carbocycles. The molecule has 0 atom stereocenters. The molecule has 7 heteroatoms. The fourth-order valence-corrected chi connectivity index (χ4v) is 2.58. The largest absolute Gasteiger partial charge is 0.478 e. The van der Waals surface area contributed by atoms with E-state index >= 15 is 0 Å². The van der Waals surface area contributed by atoms with Gasteiger partial charge >= 0.3 is 11.9 Å². The molecule has 3 rings (SSSR count). The van der Waals surface area contributed by atoms with Crippen LogP contribution in [0.15, 0.2) is 48.8 Å². The normalized spacial score (nSPS) is 14.6. The molecule has 0 unspecified atom stereocenters. The molecule has 0 aliphatic carbocycles. The van der Waals surface area contributed by atoms with E-state index in [1.54, 1.807) is 0 Å². The Labute approximate surface area is 145 Å². The van der Waals surface area contributed by atoms with Gasteiger partial charge in [0.2, 0.25) is 0 Å². The summed E-state index contributed by atoms with van der Waals surface area (Å²) in [4.78, 5) is 25.9. The van der Waals surface area contributed by atoms with Gasteiger partial charge in [-0.15, -0.1) is 0 Å². The minimum Gasteiger partial charge on any atom is -0.478 e. The summed E-state index contributed by atoms with van der Waals surface area (Å²) in [5, 5.41) is 21.6. The van der Waals surface area contributed by atoms with E-state index in [4.69, 9.17) is 10.2 Å². The van der Waals surface area contributed by atoms with Crippen LogP contribution in [0.1, 0.15) is 6.42 Å². The zero-order valence-electron chi connectivity index (χ0n) is 13.8. The molecular formula is C18H21N3O4. The second-order valence-electron chi connectivity index (χ2n) is 5.48. The maximum absolute atomic E-state index is 9.55. The van der Waals surface area contributed by atoms with Crippen LogP contribution in [0.5, 0.6) is 0 Å². The molecule has 0 bridgehead atoms. The van der Waals surface area contributed by atoms with E-state index in [0.29, 0.717) is 12.2 Å². The van der Waals surface area contributed by atoms with E-state index in [1.807, 2.05) is 12.4 Å². The number of anilines is 1. The van der Waals surface area contributed by atoms with Gasteiger partial charge in [-0.3, -0.25) is 4.98 Å². The summed E-state index contributed by atoms with van der Waals surface area (Å²) in [6.45, 7) is 4.36. The lowest BCUT2D eigenvalue weighted by Crippen LogP contribution is -2.28. The Morgan fingerprint density at radius 3 is 2.48 bits per heavy atom. The summed E-state index contributed by atoms with van der Waals surface area (Å²) >= 11 is 0. The first-order valence-electron chi connectivity index (χ1n) is 8.00. The van der Waals surface area contributed by atoms with Gasteiger partial charge < -0.3 is 20.4 Å². The van der Waals surface area contributed by atoms with Gasteiger partial charge in [0.15, 0.2) is 0 Å². The number of carboxylic acid groups (broad SMARTS) is 2. The number of carbonyl (C=O) groups is 2. The summed E-state index contributed by atoms with van der Waals surface area (Å²) < 4.78 is 0. The Morgan fingerprint density at radius 1 is 1.04 bits per heavy atom. The number of hydrogen-bond donors (Lipinski definition) is 3. The number of nitrogens with zero attached hydrogens (tertiary/aromatic N) is 2. The number of carboxylic acids is 2. The first-order chi connectivity index (χ1) is 12.1. The van der Waals surface area contributed by atoms with Gasteiger partial charge in [0.1, 0.15) is 0 Å². The zero-order chi connectivity index (χ0) is 18.1. The predicted octanol–water partition coefficient (Wildman–Crippen LogP) is 1.75. The molecule has 25 heavy (non-hydrogen) atoms. The molecule has 7 nitrogen and oxygen atoms in total. The highest BCUT2D eigenvalue weighted by Crippen LogP contribution is 2.25. The van der Waals surface area contributed by atoms with E-state index < -0.39 is 11.9 Å². The van der Waals surface area contributed by atoms with Crippen molar-refractivity contribution >= 4 is 28.4 Å². The number of fused-ring (bicyclic) bond motifs is 1. The molecule has 3 N–H and O–H groups in total. The van der Waals surface area contributed by atoms with Crippen molar-refractivity contribution in [2.45, 2.75) is 6.42 Å². The van der Waals surface area contributed by atoms with E-state index in [0.717, 1.165) is 26.2 Å². The highest BCUT2D eigenvalue weighted by Gasteiger charge is 2.12. The molecule has 2 heterocycles. The fourth-order valence-electron chi connectivity index (χ4n) is 2.58. The summed E-state index contributed by atoms with van der Waals surface area (Å²) in [6.07, 6.45) is 6.25. The number of pyridine rings is 1. The SMILES string of the molecule is O=C(O)/C=C/C(=O)O.c1ccc2c(N3CCCNCC3)cncc2c1. The van der Waals surface area contributed by atoms with E-state index in [-0.39, 0.29) is 0 Å². The summed E-state index contributed by atoms with van der Waals surface area (Å²) in [5.41, 5.74) is 1.27. The highest BCUT2D eigenvalue weighted by molar-refractivity contribution is 5.93. The van der Waals surface area contributed by atoms with Crippen molar-refractivity contribution < 1.29 is 19.8 Å². The standard InChI is InChI=1S/C14H17N3.C4H4O4/c1-2-5-13-12(4-1)10-16-11-14(13)17-8-3-6-15-7-9-17;5-3(6)1-2-4(7)8/h1-2,4-5,10-11,15H,3,6-9H2;1-2H,(H,5,6)(H,7,8)/b;2-1+. The van der Waals surface area contributed by atoms with Crippen molar-refractivity contribution in [3.8, 4) is 0 Å². The monoisotopic (exact) mass is 343 g/mol. The molecule has 1 aliphatic heterocycles. The third-order valence-corrected chi connectivity index (χ3v) is 3.70. The van der Waals surface area contributed by atoms with Crippen molar-refractivity contribution in [1.29, 1.82) is 0 Å². The molecule has 0 radical (unpaired) electrons. The Bertz CT molecular complexity index is 732. The van der Waals surface area contributed by atoms with Gasteiger partial charge in [-0.05, 0) is 13.0 Å². The number of benzene rings is 1. The zero-order valence-corrected chi connectivity index (χ0v) is 13.8. The summed E-state index contributed by atoms with van der Waals surface area (Å²) in [6, 6.07) is 8.48. The van der Waals surface area contributed by atoms with Crippen LogP contribution < -0.4 is 10.2 Å². The van der Waals surface area contributed by atoms with Crippen LogP contribution >= 0.6 is 0 Å². The number of hydrogen-bond acceptors (Lipinski definition) is 5. The topological polar surface area (TPSA) is 103 Å². The van der Waals surface area contributed by atoms with Gasteiger partial charge in [-0.2, -0.15) is 0 Å². The van der Waals surface area contributed by atoms with Gasteiger partial charge in [0.25, 0.3) is 0 Å². The first kappa shape index (κ1) is 18.4. The third-order valence-electron chi connectivity index (χ3n) is 3.70. The molecule has 0 saturated carbocycles. The van der Waals surface area contributed by atoms with E-state index in [9.17, 15) is 9.59 Å². The summed E-state index contributed by atoms with van der Waals surface area (Å²) in [5.74, 6) is -2.51. The number of aromatic nitrogens is 1. The van der Waals surface area contributed by atoms with E-state index in [2.05, 4.69) is 39.5 Å². The number of nitrogens with one attached hydrogen (secondary N) is 1. The Hall–Kier alpha value is -2.93. The van der Waals surface area contributed by atoms with Gasteiger partial charge in [-0.1, -0.05) is 24.3 Å². The molecule has 0 spiro atoms. The Kier molecular flexibility index (Phi) is 6.91.